The van der Waals surface area contributed by atoms with Crippen LogP contribution in [0.4, 0.5) is 11.4 Å². The van der Waals surface area contributed by atoms with Gasteiger partial charge in [-0.15, -0.1) is 0 Å². The second kappa shape index (κ2) is 9.98. The van der Waals surface area contributed by atoms with E-state index in [1.807, 2.05) is 0 Å². The molecule has 12 heteroatoms. The van der Waals surface area contributed by atoms with Gasteiger partial charge >= 0.3 is 0 Å². The van der Waals surface area contributed by atoms with Gasteiger partial charge in [0.1, 0.15) is 18.0 Å². The lowest BCUT2D eigenvalue weighted by Gasteiger charge is -2.23. The molecule has 0 bridgehead atoms. The van der Waals surface area contributed by atoms with Crippen molar-refractivity contribution in [2.24, 2.45) is 0 Å². The van der Waals surface area contributed by atoms with Gasteiger partial charge < -0.3 is 19.5 Å². The summed E-state index contributed by atoms with van der Waals surface area (Å²) in [7, 11) is 0.321. The van der Waals surface area contributed by atoms with Crippen molar-refractivity contribution in [1.29, 1.82) is 0 Å². The van der Waals surface area contributed by atoms with Crippen LogP contribution in [0.25, 0.3) is 0 Å². The van der Waals surface area contributed by atoms with Crippen LogP contribution in [0.15, 0.2) is 36.4 Å². The molecule has 0 aliphatic carbocycles. The van der Waals surface area contributed by atoms with E-state index in [0.717, 1.165) is 16.6 Å². The highest BCUT2D eigenvalue weighted by Crippen LogP contribution is 2.33. The third-order valence-corrected chi connectivity index (χ3v) is 5.39. The van der Waals surface area contributed by atoms with Gasteiger partial charge in [-0.1, -0.05) is 6.07 Å². The first-order chi connectivity index (χ1) is 14.6. The summed E-state index contributed by atoms with van der Waals surface area (Å²) in [6, 6.07) is 8.57. The molecule has 0 aromatic heterocycles. The van der Waals surface area contributed by atoms with E-state index < -0.39 is 27.4 Å². The van der Waals surface area contributed by atoms with Gasteiger partial charge in [0.2, 0.25) is 15.9 Å². The summed E-state index contributed by atoms with van der Waals surface area (Å²) in [4.78, 5) is 22.9. The number of benzene rings is 2. The number of rotatable bonds is 10. The van der Waals surface area contributed by atoms with Crippen molar-refractivity contribution >= 4 is 27.3 Å². The standard InChI is InChI=1S/C19H23N3O8S/c1-28-16-8-6-14(22(24)25)10-15(16)21(31(4,26)27)12-19(23)20-11-13-5-7-17(29-2)18(9-13)30-3/h5-10H,11-12H2,1-4H3,(H,20,23). The van der Waals surface area contributed by atoms with Crippen LogP contribution < -0.4 is 23.8 Å². The number of amides is 1. The Bertz CT molecular complexity index is 1070. The highest BCUT2D eigenvalue weighted by molar-refractivity contribution is 7.92. The minimum atomic E-state index is -3.96. The smallest absolute Gasteiger partial charge is 0.271 e. The van der Waals surface area contributed by atoms with Crippen LogP contribution in [0.2, 0.25) is 0 Å². The lowest BCUT2D eigenvalue weighted by atomic mass is 10.2. The third-order valence-electron chi connectivity index (χ3n) is 4.27. The van der Waals surface area contributed by atoms with Crippen molar-refractivity contribution in [3.63, 3.8) is 0 Å². The van der Waals surface area contributed by atoms with Gasteiger partial charge in [-0.2, -0.15) is 0 Å². The van der Waals surface area contributed by atoms with Crippen LogP contribution in [-0.4, -0.2) is 53.4 Å². The Morgan fingerprint density at radius 3 is 2.19 bits per heavy atom. The van der Waals surface area contributed by atoms with Gasteiger partial charge in [-0.25, -0.2) is 8.42 Å². The average molecular weight is 453 g/mol. The lowest BCUT2D eigenvalue weighted by molar-refractivity contribution is -0.384. The molecule has 2 aromatic rings. The summed E-state index contributed by atoms with van der Waals surface area (Å²) in [5.41, 5.74) is 0.250. The molecular weight excluding hydrogens is 430 g/mol. The SMILES string of the molecule is COc1ccc(CNC(=O)CN(c2cc([N+](=O)[O-])ccc2OC)S(C)(=O)=O)cc1OC. The third kappa shape index (κ3) is 5.98. The molecule has 2 aromatic carbocycles. The molecule has 0 aliphatic heterocycles. The van der Waals surface area contributed by atoms with E-state index in [2.05, 4.69) is 5.32 Å². The predicted octanol–water partition coefficient (Wildman–Crippen LogP) is 1.70. The van der Waals surface area contributed by atoms with Gasteiger partial charge in [0, 0.05) is 18.7 Å². The number of sulfonamides is 1. The molecule has 0 heterocycles. The van der Waals surface area contributed by atoms with Crippen LogP contribution in [-0.2, 0) is 21.4 Å². The predicted molar refractivity (Wildman–Crippen MR) is 113 cm³/mol. The monoisotopic (exact) mass is 453 g/mol. The van der Waals surface area contributed by atoms with Crippen molar-refractivity contribution in [3.05, 3.63) is 52.1 Å². The molecule has 0 fully saturated rings. The quantitative estimate of drug-likeness (QED) is 0.424. The van der Waals surface area contributed by atoms with Crippen LogP contribution in [0.1, 0.15) is 5.56 Å². The number of nitro benzene ring substituents is 1. The highest BCUT2D eigenvalue weighted by Gasteiger charge is 2.26. The fraction of sp³-hybridized carbons (Fsp3) is 0.316. The van der Waals surface area contributed by atoms with Gasteiger partial charge in [-0.05, 0) is 23.8 Å². The molecule has 11 nitrogen and oxygen atoms in total. The topological polar surface area (TPSA) is 137 Å². The summed E-state index contributed by atoms with van der Waals surface area (Å²) in [5.74, 6) is 0.462. The summed E-state index contributed by atoms with van der Waals surface area (Å²) < 4.78 is 40.9. The number of ether oxygens (including phenoxy) is 3. The van der Waals surface area contributed by atoms with Crippen molar-refractivity contribution in [2.75, 3.05) is 38.4 Å². The zero-order chi connectivity index (χ0) is 23.2. The molecule has 0 saturated carbocycles. The zero-order valence-corrected chi connectivity index (χ0v) is 18.3. The van der Waals surface area contributed by atoms with E-state index in [-0.39, 0.29) is 23.7 Å². The number of methoxy groups -OCH3 is 3. The second-order valence-electron chi connectivity index (χ2n) is 6.35. The molecule has 0 unspecified atom stereocenters. The molecule has 0 radical (unpaired) electrons. The Morgan fingerprint density at radius 2 is 1.65 bits per heavy atom. The Labute approximate surface area is 179 Å². The van der Waals surface area contributed by atoms with Gasteiger partial charge in [0.15, 0.2) is 11.5 Å². The minimum absolute atomic E-state index is 0.0729. The van der Waals surface area contributed by atoms with E-state index in [1.54, 1.807) is 18.2 Å². The Morgan fingerprint density at radius 1 is 1.03 bits per heavy atom. The van der Waals surface area contributed by atoms with Crippen molar-refractivity contribution < 1.29 is 32.3 Å². The minimum Gasteiger partial charge on any atom is -0.495 e. The average Bonchev–Trinajstić information content (AvgIpc) is 2.74. The van der Waals surface area contributed by atoms with E-state index in [0.29, 0.717) is 17.1 Å². The van der Waals surface area contributed by atoms with Crippen molar-refractivity contribution in [3.8, 4) is 17.2 Å². The highest BCUT2D eigenvalue weighted by atomic mass is 32.2. The number of carbonyl (C=O) groups is 1. The van der Waals surface area contributed by atoms with Gasteiger partial charge in [-0.3, -0.25) is 19.2 Å². The number of nitro groups is 1. The number of hydrogen-bond donors (Lipinski definition) is 1. The number of nitrogens with one attached hydrogen (secondary N) is 1. The number of anilines is 1. The summed E-state index contributed by atoms with van der Waals surface area (Å²) >= 11 is 0. The summed E-state index contributed by atoms with van der Waals surface area (Å²) in [6.07, 6.45) is 0.896. The van der Waals surface area contributed by atoms with E-state index in [1.165, 1.54) is 33.5 Å². The first-order valence-corrected chi connectivity index (χ1v) is 10.7. The normalized spacial score (nSPS) is 10.8. The van der Waals surface area contributed by atoms with E-state index >= 15 is 0 Å². The molecular formula is C19H23N3O8S. The first kappa shape index (κ1) is 23.7. The fourth-order valence-corrected chi connectivity index (χ4v) is 3.60. The Hall–Kier alpha value is -3.54. The Kier molecular flexibility index (Phi) is 7.64. The molecule has 168 valence electrons. The van der Waals surface area contributed by atoms with Crippen LogP contribution in [0, 0.1) is 10.1 Å². The number of non-ortho nitro benzene ring substituents is 1. The molecule has 31 heavy (non-hydrogen) atoms. The Balaban J connectivity index is 2.24. The summed E-state index contributed by atoms with van der Waals surface area (Å²) in [5, 5.41) is 13.7. The fourth-order valence-electron chi connectivity index (χ4n) is 2.75. The van der Waals surface area contributed by atoms with Crippen LogP contribution in [0.3, 0.4) is 0 Å². The second-order valence-corrected chi connectivity index (χ2v) is 8.26. The maximum absolute atomic E-state index is 12.5. The number of carbonyl (C=O) groups excluding carboxylic acids is 1. The largest absolute Gasteiger partial charge is 0.495 e. The molecule has 1 amide bonds. The van der Waals surface area contributed by atoms with Crippen molar-refractivity contribution in [1.82, 2.24) is 5.32 Å². The van der Waals surface area contributed by atoms with Crippen LogP contribution >= 0.6 is 0 Å². The molecule has 0 aliphatic rings. The molecule has 0 atom stereocenters. The van der Waals surface area contributed by atoms with Crippen molar-refractivity contribution in [2.45, 2.75) is 6.54 Å². The zero-order valence-electron chi connectivity index (χ0n) is 17.4. The number of nitrogens with zero attached hydrogens (tertiary/aromatic N) is 2. The van der Waals surface area contributed by atoms with Gasteiger partial charge in [0.05, 0.1) is 32.5 Å². The lowest BCUT2D eigenvalue weighted by Crippen LogP contribution is -2.40. The molecule has 2 rings (SSSR count). The maximum Gasteiger partial charge on any atom is 0.271 e. The first-order valence-electron chi connectivity index (χ1n) is 8.88. The van der Waals surface area contributed by atoms with Gasteiger partial charge in [0.25, 0.3) is 5.69 Å². The molecule has 1 N–H and O–H groups in total. The van der Waals surface area contributed by atoms with Crippen LogP contribution in [0.5, 0.6) is 17.2 Å². The number of hydrogen-bond acceptors (Lipinski definition) is 8. The maximum atomic E-state index is 12.5. The molecule has 0 saturated heterocycles. The van der Waals surface area contributed by atoms with E-state index in [9.17, 15) is 23.3 Å². The summed E-state index contributed by atoms with van der Waals surface area (Å²) in [6.45, 7) is -0.494. The van der Waals surface area contributed by atoms with E-state index in [4.69, 9.17) is 14.2 Å². The molecule has 0 spiro atoms.